The van der Waals surface area contributed by atoms with Gasteiger partial charge in [0.05, 0.1) is 31.0 Å². The van der Waals surface area contributed by atoms with Crippen molar-refractivity contribution in [2.75, 3.05) is 33.1 Å². The largest absolute Gasteiger partial charge is 0.497 e. The summed E-state index contributed by atoms with van der Waals surface area (Å²) in [4.78, 5) is 26.9. The van der Waals surface area contributed by atoms with Crippen LogP contribution in [0.3, 0.4) is 0 Å². The SMILES string of the molecule is CCCS(=O)(=O)NC(=O)C1(C)CCN(C(=O)c2ccc(OC)cc2OC)C1. The van der Waals surface area contributed by atoms with Gasteiger partial charge in [-0.15, -0.1) is 0 Å². The van der Waals surface area contributed by atoms with Gasteiger partial charge in [0.1, 0.15) is 11.5 Å². The van der Waals surface area contributed by atoms with Gasteiger partial charge in [-0.2, -0.15) is 0 Å². The molecule has 1 aromatic carbocycles. The number of rotatable bonds is 7. The number of methoxy groups -OCH3 is 2. The summed E-state index contributed by atoms with van der Waals surface area (Å²) in [6, 6.07) is 4.89. The number of carbonyl (C=O) groups is 2. The molecule has 2 rings (SSSR count). The highest BCUT2D eigenvalue weighted by Gasteiger charge is 2.43. The van der Waals surface area contributed by atoms with Crippen LogP contribution in [0, 0.1) is 5.41 Å². The van der Waals surface area contributed by atoms with Crippen molar-refractivity contribution in [3.05, 3.63) is 23.8 Å². The lowest BCUT2D eigenvalue weighted by Crippen LogP contribution is -2.44. The minimum Gasteiger partial charge on any atom is -0.497 e. The maximum atomic E-state index is 12.9. The second-order valence-corrected chi connectivity index (χ2v) is 8.70. The predicted molar refractivity (Wildman–Crippen MR) is 100 cm³/mol. The number of hydrogen-bond donors (Lipinski definition) is 1. The molecule has 1 atom stereocenters. The highest BCUT2D eigenvalue weighted by Crippen LogP contribution is 2.33. The van der Waals surface area contributed by atoms with Gasteiger partial charge in [-0.3, -0.25) is 14.3 Å². The molecule has 150 valence electrons. The lowest BCUT2D eigenvalue weighted by molar-refractivity contribution is -0.127. The Morgan fingerprint density at radius 1 is 1.26 bits per heavy atom. The fraction of sp³-hybridized carbons (Fsp3) is 0.556. The monoisotopic (exact) mass is 398 g/mol. The van der Waals surface area contributed by atoms with E-state index in [9.17, 15) is 18.0 Å². The summed E-state index contributed by atoms with van der Waals surface area (Å²) in [6.45, 7) is 3.88. The van der Waals surface area contributed by atoms with Crippen molar-refractivity contribution in [1.82, 2.24) is 9.62 Å². The van der Waals surface area contributed by atoms with Crippen LogP contribution in [-0.2, 0) is 14.8 Å². The third kappa shape index (κ3) is 4.71. The molecule has 0 spiro atoms. The van der Waals surface area contributed by atoms with Gasteiger partial charge in [0.15, 0.2) is 0 Å². The van der Waals surface area contributed by atoms with Crippen molar-refractivity contribution in [3.8, 4) is 11.5 Å². The average Bonchev–Trinajstić information content (AvgIpc) is 3.03. The summed E-state index contributed by atoms with van der Waals surface area (Å²) in [5.74, 6) is -0.0194. The Balaban J connectivity index is 2.15. The summed E-state index contributed by atoms with van der Waals surface area (Å²) in [5, 5.41) is 0. The maximum absolute atomic E-state index is 12.9. The zero-order valence-corrected chi connectivity index (χ0v) is 16.9. The molecule has 0 bridgehead atoms. The van der Waals surface area contributed by atoms with Gasteiger partial charge < -0.3 is 14.4 Å². The second-order valence-electron chi connectivity index (χ2n) is 6.85. The minimum atomic E-state index is -3.65. The second kappa shape index (κ2) is 8.16. The first-order chi connectivity index (χ1) is 12.7. The molecule has 1 aliphatic heterocycles. The van der Waals surface area contributed by atoms with E-state index in [1.54, 1.807) is 32.0 Å². The number of amides is 2. The number of benzene rings is 1. The van der Waals surface area contributed by atoms with E-state index < -0.39 is 21.3 Å². The molecule has 0 aliphatic carbocycles. The van der Waals surface area contributed by atoms with Gasteiger partial charge in [0.25, 0.3) is 5.91 Å². The molecular formula is C18H26N2O6S. The Morgan fingerprint density at radius 3 is 2.56 bits per heavy atom. The van der Waals surface area contributed by atoms with Crippen molar-refractivity contribution < 1.29 is 27.5 Å². The third-order valence-electron chi connectivity index (χ3n) is 4.67. The van der Waals surface area contributed by atoms with Gasteiger partial charge in [0, 0.05) is 19.2 Å². The molecule has 8 nitrogen and oxygen atoms in total. The zero-order chi connectivity index (χ0) is 20.2. The van der Waals surface area contributed by atoms with E-state index in [1.807, 2.05) is 0 Å². The fourth-order valence-electron chi connectivity index (χ4n) is 3.05. The number of likely N-dealkylation sites (tertiary alicyclic amines) is 1. The van der Waals surface area contributed by atoms with Crippen LogP contribution in [0.25, 0.3) is 0 Å². The standard InChI is InChI=1S/C18H26N2O6S/c1-5-10-27(23,24)19-17(22)18(2)8-9-20(12-18)16(21)14-7-6-13(25-3)11-15(14)26-4/h6-7,11H,5,8-10,12H2,1-4H3,(H,19,22). The zero-order valence-electron chi connectivity index (χ0n) is 16.1. The lowest BCUT2D eigenvalue weighted by atomic mass is 9.89. The van der Waals surface area contributed by atoms with Crippen molar-refractivity contribution in [1.29, 1.82) is 0 Å². The molecule has 27 heavy (non-hydrogen) atoms. The molecule has 1 saturated heterocycles. The maximum Gasteiger partial charge on any atom is 0.257 e. The molecule has 2 amide bonds. The van der Waals surface area contributed by atoms with Gasteiger partial charge in [-0.1, -0.05) is 6.92 Å². The van der Waals surface area contributed by atoms with Crippen LogP contribution < -0.4 is 14.2 Å². The first-order valence-corrected chi connectivity index (χ1v) is 10.4. The number of nitrogens with one attached hydrogen (secondary N) is 1. The highest BCUT2D eigenvalue weighted by atomic mass is 32.2. The highest BCUT2D eigenvalue weighted by molar-refractivity contribution is 7.90. The average molecular weight is 398 g/mol. The normalized spacial score (nSPS) is 19.6. The minimum absolute atomic E-state index is 0.111. The van der Waals surface area contributed by atoms with E-state index in [0.717, 1.165) is 0 Å². The van der Waals surface area contributed by atoms with Gasteiger partial charge in [-0.05, 0) is 31.9 Å². The van der Waals surface area contributed by atoms with E-state index in [2.05, 4.69) is 4.72 Å². The molecule has 1 aromatic rings. The fourth-order valence-corrected chi connectivity index (χ4v) is 4.22. The molecule has 0 aromatic heterocycles. The first-order valence-electron chi connectivity index (χ1n) is 8.72. The third-order valence-corrected chi connectivity index (χ3v) is 6.11. The van der Waals surface area contributed by atoms with Crippen LogP contribution in [-0.4, -0.2) is 58.2 Å². The topological polar surface area (TPSA) is 102 Å². The Morgan fingerprint density at radius 2 is 1.96 bits per heavy atom. The molecule has 0 radical (unpaired) electrons. The van der Waals surface area contributed by atoms with Crippen LogP contribution in [0.4, 0.5) is 0 Å². The number of sulfonamides is 1. The predicted octanol–water partition coefficient (Wildman–Crippen LogP) is 1.41. The van der Waals surface area contributed by atoms with Crippen LogP contribution in [0.2, 0.25) is 0 Å². The van der Waals surface area contributed by atoms with Crippen LogP contribution >= 0.6 is 0 Å². The Hall–Kier alpha value is -2.29. The molecule has 1 heterocycles. The van der Waals surface area contributed by atoms with E-state index in [1.165, 1.54) is 19.1 Å². The van der Waals surface area contributed by atoms with Crippen LogP contribution in [0.5, 0.6) is 11.5 Å². The molecule has 1 fully saturated rings. The molecule has 0 saturated carbocycles. The summed E-state index contributed by atoms with van der Waals surface area (Å²) in [5.41, 5.74) is -0.600. The van der Waals surface area contributed by atoms with E-state index >= 15 is 0 Å². The molecule has 1 N–H and O–H groups in total. The van der Waals surface area contributed by atoms with Crippen molar-refractivity contribution in [2.24, 2.45) is 5.41 Å². The number of ether oxygens (including phenoxy) is 2. The van der Waals surface area contributed by atoms with Crippen molar-refractivity contribution in [3.63, 3.8) is 0 Å². The van der Waals surface area contributed by atoms with Crippen LogP contribution in [0.15, 0.2) is 18.2 Å². The Kier molecular flexibility index (Phi) is 6.35. The smallest absolute Gasteiger partial charge is 0.257 e. The molecular weight excluding hydrogens is 372 g/mol. The Labute approximate surface area is 159 Å². The van der Waals surface area contributed by atoms with Crippen molar-refractivity contribution in [2.45, 2.75) is 26.7 Å². The lowest BCUT2D eigenvalue weighted by Gasteiger charge is -2.24. The summed E-state index contributed by atoms with van der Waals surface area (Å²) in [7, 11) is -0.666. The summed E-state index contributed by atoms with van der Waals surface area (Å²) >= 11 is 0. The van der Waals surface area contributed by atoms with Crippen LogP contribution in [0.1, 0.15) is 37.0 Å². The molecule has 9 heteroatoms. The Bertz CT molecular complexity index is 823. The molecule has 1 unspecified atom stereocenters. The van der Waals surface area contributed by atoms with Gasteiger partial charge in [-0.25, -0.2) is 8.42 Å². The number of carbonyl (C=O) groups excluding carboxylic acids is 2. The van der Waals surface area contributed by atoms with E-state index in [0.29, 0.717) is 36.4 Å². The van der Waals surface area contributed by atoms with E-state index in [-0.39, 0.29) is 18.2 Å². The summed E-state index contributed by atoms with van der Waals surface area (Å²) in [6.07, 6.45) is 0.798. The van der Waals surface area contributed by atoms with Gasteiger partial charge in [0.2, 0.25) is 15.9 Å². The number of hydrogen-bond acceptors (Lipinski definition) is 6. The van der Waals surface area contributed by atoms with Gasteiger partial charge >= 0.3 is 0 Å². The number of nitrogens with zero attached hydrogens (tertiary/aromatic N) is 1. The van der Waals surface area contributed by atoms with Crippen molar-refractivity contribution >= 4 is 21.8 Å². The first kappa shape index (κ1) is 21.0. The van der Waals surface area contributed by atoms with E-state index in [4.69, 9.17) is 9.47 Å². The molecule has 1 aliphatic rings. The summed E-state index contributed by atoms with van der Waals surface area (Å²) < 4.78 is 36.3. The quantitative estimate of drug-likeness (QED) is 0.745.